The van der Waals surface area contributed by atoms with Crippen LogP contribution in [0.3, 0.4) is 0 Å². The Kier molecular flexibility index (Phi) is 2.68. The number of hydrogen-bond acceptors (Lipinski definition) is 5. The minimum absolute atomic E-state index is 0.256. The van der Waals surface area contributed by atoms with Gasteiger partial charge in [0.15, 0.2) is 5.82 Å². The second-order valence-electron chi connectivity index (χ2n) is 4.28. The first-order valence-electron chi connectivity index (χ1n) is 5.74. The van der Waals surface area contributed by atoms with Gasteiger partial charge >= 0.3 is 0 Å². The number of aromatic nitrogens is 3. The smallest absolute Gasteiger partial charge is 0.216 e. The minimum atomic E-state index is 0.256. The molecule has 7 heteroatoms. The molecule has 0 aliphatic carbocycles. The molecule has 0 fully saturated rings. The second-order valence-corrected chi connectivity index (χ2v) is 7.14. The number of benzene rings is 1. The first-order valence-corrected chi connectivity index (χ1v) is 8.30. The highest BCUT2D eigenvalue weighted by Gasteiger charge is 2.38. The van der Waals surface area contributed by atoms with Gasteiger partial charge in [0.05, 0.1) is 0 Å². The van der Waals surface area contributed by atoms with Crippen LogP contribution in [0, 0.1) is 6.92 Å². The molecular weight excluding hydrogens is 344 g/mol. The Morgan fingerprint density at radius 3 is 2.79 bits per heavy atom. The molecule has 0 N–H and O–H groups in total. The van der Waals surface area contributed by atoms with Crippen LogP contribution >= 0.6 is 39.5 Å². The van der Waals surface area contributed by atoms with E-state index in [1.165, 1.54) is 10.6 Å². The molecule has 0 spiro atoms. The van der Waals surface area contributed by atoms with Crippen molar-refractivity contribution < 1.29 is 0 Å². The number of fused-ring (bicyclic) bond motifs is 3. The monoisotopic (exact) mass is 352 g/mol. The number of nitrogens with zero attached hydrogens (tertiary/aromatic N) is 4. The third-order valence-electron chi connectivity index (χ3n) is 3.08. The molecular formula is C12H9BrN4S2. The molecule has 4 nitrogen and oxygen atoms in total. The molecule has 1 atom stereocenters. The molecule has 2 aliphatic rings. The fraction of sp³-hybridized carbons (Fsp3) is 0.167. The summed E-state index contributed by atoms with van der Waals surface area (Å²) in [5.74, 6) is 0.926. The summed E-state index contributed by atoms with van der Waals surface area (Å²) in [6.45, 7) is 1.99. The van der Waals surface area contributed by atoms with Gasteiger partial charge in [-0.15, -0.1) is 10.2 Å². The van der Waals surface area contributed by atoms with Crippen molar-refractivity contribution in [3.05, 3.63) is 50.6 Å². The van der Waals surface area contributed by atoms with Gasteiger partial charge in [-0.2, -0.15) is 0 Å². The molecule has 4 rings (SSSR count). The minimum Gasteiger partial charge on any atom is -0.252 e. The Balaban J connectivity index is 1.77. The van der Waals surface area contributed by atoms with Crippen molar-refractivity contribution in [1.82, 2.24) is 14.9 Å². The summed E-state index contributed by atoms with van der Waals surface area (Å²) in [4.78, 5) is 0. The van der Waals surface area contributed by atoms with Crippen molar-refractivity contribution in [1.29, 1.82) is 0 Å². The van der Waals surface area contributed by atoms with Crippen LogP contribution in [-0.2, 0) is 0 Å². The summed E-state index contributed by atoms with van der Waals surface area (Å²) in [7, 11) is 0. The third-order valence-corrected chi connectivity index (χ3v) is 5.80. The Hall–Kier alpha value is -0.920. The van der Waals surface area contributed by atoms with E-state index >= 15 is 0 Å². The molecule has 2 aromatic rings. The topological polar surface area (TPSA) is 34.0 Å². The van der Waals surface area contributed by atoms with Gasteiger partial charge in [0.2, 0.25) is 5.16 Å². The van der Waals surface area contributed by atoms with E-state index in [0.717, 1.165) is 15.5 Å². The van der Waals surface area contributed by atoms with Crippen molar-refractivity contribution in [3.8, 4) is 0 Å². The molecule has 1 aromatic heterocycles. The molecule has 0 amide bonds. The van der Waals surface area contributed by atoms with Crippen LogP contribution in [0.1, 0.15) is 16.8 Å². The van der Waals surface area contributed by atoms with Gasteiger partial charge in [0.25, 0.3) is 0 Å². The van der Waals surface area contributed by atoms with Gasteiger partial charge < -0.3 is 0 Å². The SMILES string of the molecule is Cc1nnc2n1N1C(=CSC1c1ccc(Br)cc1)S2. The van der Waals surface area contributed by atoms with E-state index in [1.807, 2.05) is 18.7 Å². The van der Waals surface area contributed by atoms with Crippen molar-refractivity contribution in [2.45, 2.75) is 17.5 Å². The Labute approximate surface area is 127 Å². The Morgan fingerprint density at radius 1 is 1.21 bits per heavy atom. The molecule has 0 saturated carbocycles. The van der Waals surface area contributed by atoms with Crippen molar-refractivity contribution in [3.63, 3.8) is 0 Å². The average Bonchev–Trinajstić information content (AvgIpc) is 3.03. The number of aryl methyl sites for hydroxylation is 1. The predicted octanol–water partition coefficient (Wildman–Crippen LogP) is 3.64. The summed E-state index contributed by atoms with van der Waals surface area (Å²) >= 11 is 6.97. The zero-order valence-electron chi connectivity index (χ0n) is 9.95. The maximum atomic E-state index is 4.20. The molecule has 0 radical (unpaired) electrons. The molecule has 2 aliphatic heterocycles. The lowest BCUT2D eigenvalue weighted by molar-refractivity contribution is 0.618. The fourth-order valence-corrected chi connectivity index (χ4v) is 4.75. The molecule has 1 aromatic carbocycles. The van der Waals surface area contributed by atoms with Gasteiger partial charge in [0, 0.05) is 9.88 Å². The largest absolute Gasteiger partial charge is 0.252 e. The predicted molar refractivity (Wildman–Crippen MR) is 81.4 cm³/mol. The van der Waals surface area contributed by atoms with E-state index in [2.05, 4.69) is 65.5 Å². The van der Waals surface area contributed by atoms with Crippen LogP contribution in [0.5, 0.6) is 0 Å². The first-order chi connectivity index (χ1) is 9.24. The van der Waals surface area contributed by atoms with Gasteiger partial charge in [-0.25, -0.2) is 4.68 Å². The van der Waals surface area contributed by atoms with Crippen LogP contribution in [0.15, 0.2) is 44.3 Å². The molecule has 19 heavy (non-hydrogen) atoms. The summed E-state index contributed by atoms with van der Waals surface area (Å²) in [6, 6.07) is 8.47. The molecule has 0 bridgehead atoms. The number of halogens is 1. The van der Waals surface area contributed by atoms with Crippen molar-refractivity contribution >= 4 is 39.5 Å². The van der Waals surface area contributed by atoms with E-state index in [1.54, 1.807) is 11.8 Å². The summed E-state index contributed by atoms with van der Waals surface area (Å²) in [5.41, 5.74) is 1.28. The van der Waals surface area contributed by atoms with E-state index in [-0.39, 0.29) is 5.37 Å². The van der Waals surface area contributed by atoms with Crippen molar-refractivity contribution in [2.75, 3.05) is 5.01 Å². The van der Waals surface area contributed by atoms with Crippen LogP contribution < -0.4 is 5.01 Å². The van der Waals surface area contributed by atoms with Crippen LogP contribution in [-0.4, -0.2) is 14.9 Å². The highest BCUT2D eigenvalue weighted by atomic mass is 79.9. The summed E-state index contributed by atoms with van der Waals surface area (Å²) in [5, 5.41) is 15.2. The van der Waals surface area contributed by atoms with E-state index in [0.29, 0.717) is 0 Å². The lowest BCUT2D eigenvalue weighted by Crippen LogP contribution is -2.29. The Bertz CT molecular complexity index is 680. The van der Waals surface area contributed by atoms with Gasteiger partial charge in [-0.3, -0.25) is 5.01 Å². The van der Waals surface area contributed by atoms with E-state index < -0.39 is 0 Å². The second kappa shape index (κ2) is 4.29. The van der Waals surface area contributed by atoms with Gasteiger partial charge in [-0.05, 0) is 36.4 Å². The third kappa shape index (κ3) is 1.75. The summed E-state index contributed by atoms with van der Waals surface area (Å²) in [6.07, 6.45) is 0. The van der Waals surface area contributed by atoms with E-state index in [4.69, 9.17) is 0 Å². The first kappa shape index (κ1) is 11.9. The van der Waals surface area contributed by atoms with Gasteiger partial charge in [0.1, 0.15) is 10.4 Å². The maximum absolute atomic E-state index is 4.20. The molecule has 3 heterocycles. The van der Waals surface area contributed by atoms with Crippen LogP contribution in [0.25, 0.3) is 0 Å². The number of rotatable bonds is 1. The lowest BCUT2D eigenvalue weighted by atomic mass is 10.2. The Morgan fingerprint density at radius 2 is 2.00 bits per heavy atom. The fourth-order valence-electron chi connectivity index (χ4n) is 2.21. The van der Waals surface area contributed by atoms with Crippen LogP contribution in [0.2, 0.25) is 0 Å². The highest BCUT2D eigenvalue weighted by Crippen LogP contribution is 2.51. The zero-order chi connectivity index (χ0) is 13.0. The lowest BCUT2D eigenvalue weighted by Gasteiger charge is -2.25. The normalized spacial score (nSPS) is 20.4. The van der Waals surface area contributed by atoms with Crippen LogP contribution in [0.4, 0.5) is 0 Å². The zero-order valence-corrected chi connectivity index (χ0v) is 13.2. The van der Waals surface area contributed by atoms with Crippen molar-refractivity contribution in [2.24, 2.45) is 0 Å². The van der Waals surface area contributed by atoms with E-state index in [9.17, 15) is 0 Å². The molecule has 0 saturated heterocycles. The summed E-state index contributed by atoms with van der Waals surface area (Å²) < 4.78 is 3.20. The number of hydrogen-bond donors (Lipinski definition) is 0. The average molecular weight is 353 g/mol. The molecule has 1 unspecified atom stereocenters. The standard InChI is InChI=1S/C12H9BrN4S2/c1-7-14-15-12-16(7)17-10(19-12)6-18-11(17)8-2-4-9(13)5-3-8/h2-6,11H,1H3. The molecule has 96 valence electrons. The maximum Gasteiger partial charge on any atom is 0.216 e. The quantitative estimate of drug-likeness (QED) is 0.782. The highest BCUT2D eigenvalue weighted by molar-refractivity contribution is 9.10. The van der Waals surface area contributed by atoms with Gasteiger partial charge in [-0.1, -0.05) is 39.8 Å². The number of thioether (sulfide) groups is 2.